The summed E-state index contributed by atoms with van der Waals surface area (Å²) < 4.78 is 19.9. The molecule has 2 aromatic carbocycles. The molecule has 0 unspecified atom stereocenters. The molecule has 4 rings (SSSR count). The van der Waals surface area contributed by atoms with Gasteiger partial charge in [0, 0.05) is 42.0 Å². The van der Waals surface area contributed by atoms with Gasteiger partial charge in [-0.05, 0) is 30.3 Å². The highest BCUT2D eigenvalue weighted by Crippen LogP contribution is 2.38. The molecule has 134 valence electrons. The molecule has 1 aliphatic rings. The number of carbonyl (C=O) groups is 1. The number of thiophene rings is 1. The maximum Gasteiger partial charge on any atom is 0.267 e. The largest absolute Gasteiger partial charge is 0.494 e. The van der Waals surface area contributed by atoms with Crippen LogP contribution in [0.15, 0.2) is 48.5 Å². The first kappa shape index (κ1) is 16.8. The van der Waals surface area contributed by atoms with Crippen LogP contribution < -0.4 is 9.64 Å². The number of para-hydroxylation sites is 1. The molecule has 2 heterocycles. The molecule has 1 saturated heterocycles. The second-order valence-corrected chi connectivity index (χ2v) is 7.27. The highest BCUT2D eigenvalue weighted by Gasteiger charge is 2.27. The van der Waals surface area contributed by atoms with Crippen LogP contribution in [0.2, 0.25) is 0 Å². The number of rotatable bonds is 3. The van der Waals surface area contributed by atoms with Crippen molar-refractivity contribution in [2.75, 3.05) is 38.2 Å². The molecule has 0 N–H and O–H groups in total. The van der Waals surface area contributed by atoms with Crippen molar-refractivity contribution in [3.05, 3.63) is 59.2 Å². The SMILES string of the molecule is COc1c(C(=O)N2CCN(c3ccccc3)CC2)sc2ccc(F)cc12. The summed E-state index contributed by atoms with van der Waals surface area (Å²) in [5.74, 6) is 0.0974. The minimum atomic E-state index is -0.330. The van der Waals surface area contributed by atoms with Crippen molar-refractivity contribution in [2.45, 2.75) is 0 Å². The van der Waals surface area contributed by atoms with E-state index >= 15 is 0 Å². The number of anilines is 1. The van der Waals surface area contributed by atoms with Gasteiger partial charge in [0.25, 0.3) is 5.91 Å². The van der Waals surface area contributed by atoms with Gasteiger partial charge >= 0.3 is 0 Å². The van der Waals surface area contributed by atoms with Crippen LogP contribution in [0.4, 0.5) is 10.1 Å². The zero-order valence-corrected chi connectivity index (χ0v) is 15.3. The molecule has 4 nitrogen and oxygen atoms in total. The maximum atomic E-state index is 13.6. The number of fused-ring (bicyclic) bond motifs is 1. The first-order valence-electron chi connectivity index (χ1n) is 8.52. The van der Waals surface area contributed by atoms with Gasteiger partial charge in [-0.3, -0.25) is 4.79 Å². The number of benzene rings is 2. The molecule has 3 aromatic rings. The fourth-order valence-corrected chi connectivity index (χ4v) is 4.46. The minimum absolute atomic E-state index is 0.0452. The van der Waals surface area contributed by atoms with Crippen LogP contribution in [0.25, 0.3) is 10.1 Å². The van der Waals surface area contributed by atoms with Gasteiger partial charge < -0.3 is 14.5 Å². The Kier molecular flexibility index (Phi) is 4.51. The fraction of sp³-hybridized carbons (Fsp3) is 0.250. The predicted octanol–water partition coefficient (Wildman–Crippen LogP) is 4.01. The van der Waals surface area contributed by atoms with Crippen molar-refractivity contribution < 1.29 is 13.9 Å². The molecular weight excluding hydrogens is 351 g/mol. The lowest BCUT2D eigenvalue weighted by Crippen LogP contribution is -2.48. The van der Waals surface area contributed by atoms with Crippen LogP contribution in [-0.4, -0.2) is 44.1 Å². The topological polar surface area (TPSA) is 32.8 Å². The van der Waals surface area contributed by atoms with Gasteiger partial charge in [0.1, 0.15) is 16.4 Å². The number of amides is 1. The van der Waals surface area contributed by atoms with E-state index in [1.165, 1.54) is 36.3 Å². The molecule has 0 radical (unpaired) electrons. The summed E-state index contributed by atoms with van der Waals surface area (Å²) in [7, 11) is 1.52. The number of hydrogen-bond acceptors (Lipinski definition) is 4. The third kappa shape index (κ3) is 3.01. The summed E-state index contributed by atoms with van der Waals surface area (Å²) in [6.45, 7) is 2.88. The minimum Gasteiger partial charge on any atom is -0.494 e. The Bertz CT molecular complexity index is 934. The van der Waals surface area contributed by atoms with E-state index < -0.39 is 0 Å². The number of carbonyl (C=O) groups excluding carboxylic acids is 1. The summed E-state index contributed by atoms with van der Waals surface area (Å²) in [6.07, 6.45) is 0. The lowest BCUT2D eigenvalue weighted by atomic mass is 10.2. The Labute approximate surface area is 155 Å². The molecule has 0 bridgehead atoms. The van der Waals surface area contributed by atoms with E-state index in [1.54, 1.807) is 6.07 Å². The van der Waals surface area contributed by atoms with Crippen molar-refractivity contribution in [1.82, 2.24) is 4.90 Å². The normalized spacial score (nSPS) is 14.7. The molecule has 0 spiro atoms. The average Bonchev–Trinajstić information content (AvgIpc) is 3.06. The quantitative estimate of drug-likeness (QED) is 0.698. The summed E-state index contributed by atoms with van der Waals surface area (Å²) in [4.78, 5) is 17.7. The van der Waals surface area contributed by atoms with E-state index in [0.29, 0.717) is 29.1 Å². The van der Waals surface area contributed by atoms with Crippen LogP contribution in [0.3, 0.4) is 0 Å². The third-order valence-corrected chi connectivity index (χ3v) is 5.83. The molecular formula is C20H19FN2O2S. The van der Waals surface area contributed by atoms with Crippen molar-refractivity contribution in [3.63, 3.8) is 0 Å². The van der Waals surface area contributed by atoms with Crippen LogP contribution in [-0.2, 0) is 0 Å². The van der Waals surface area contributed by atoms with Crippen LogP contribution in [0.5, 0.6) is 5.75 Å². The lowest BCUT2D eigenvalue weighted by molar-refractivity contribution is 0.0749. The number of ether oxygens (including phenoxy) is 1. The van der Waals surface area contributed by atoms with Gasteiger partial charge in [0.15, 0.2) is 0 Å². The summed E-state index contributed by atoms with van der Waals surface area (Å²) in [6, 6.07) is 14.7. The highest BCUT2D eigenvalue weighted by atomic mass is 32.1. The van der Waals surface area contributed by atoms with Crippen LogP contribution in [0.1, 0.15) is 9.67 Å². The predicted molar refractivity (Wildman–Crippen MR) is 103 cm³/mol. The Morgan fingerprint density at radius 2 is 1.81 bits per heavy atom. The smallest absolute Gasteiger partial charge is 0.267 e. The number of nitrogens with zero attached hydrogens (tertiary/aromatic N) is 2. The molecule has 0 atom stereocenters. The monoisotopic (exact) mass is 370 g/mol. The van der Waals surface area contributed by atoms with Gasteiger partial charge in [-0.2, -0.15) is 0 Å². The van der Waals surface area contributed by atoms with E-state index in [2.05, 4.69) is 17.0 Å². The molecule has 1 aliphatic heterocycles. The van der Waals surface area contributed by atoms with Crippen LogP contribution >= 0.6 is 11.3 Å². The molecule has 6 heteroatoms. The summed E-state index contributed by atoms with van der Waals surface area (Å²) in [5, 5.41) is 0.656. The molecule has 0 aliphatic carbocycles. The Balaban J connectivity index is 1.55. The van der Waals surface area contributed by atoms with Gasteiger partial charge in [0.2, 0.25) is 0 Å². The standard InChI is InChI=1S/C20H19FN2O2S/c1-25-18-16-13-14(21)7-8-17(16)26-19(18)20(24)23-11-9-22(10-12-23)15-5-3-2-4-6-15/h2-8,13H,9-12H2,1H3. The van der Waals surface area contributed by atoms with Gasteiger partial charge in [0.05, 0.1) is 7.11 Å². The maximum absolute atomic E-state index is 13.6. The zero-order valence-electron chi connectivity index (χ0n) is 14.4. The van der Waals surface area contributed by atoms with Crippen LogP contribution in [0, 0.1) is 5.82 Å². The van der Waals surface area contributed by atoms with E-state index in [0.717, 1.165) is 17.8 Å². The molecule has 1 amide bonds. The highest BCUT2D eigenvalue weighted by molar-refractivity contribution is 7.21. The summed E-state index contributed by atoms with van der Waals surface area (Å²) >= 11 is 1.36. The van der Waals surface area contributed by atoms with E-state index in [9.17, 15) is 9.18 Å². The molecule has 1 aromatic heterocycles. The van der Waals surface area contributed by atoms with Gasteiger partial charge in [-0.15, -0.1) is 11.3 Å². The summed E-state index contributed by atoms with van der Waals surface area (Å²) in [5.41, 5.74) is 1.18. The van der Waals surface area contributed by atoms with E-state index in [4.69, 9.17) is 4.74 Å². The second kappa shape index (κ2) is 6.96. The first-order chi connectivity index (χ1) is 12.7. The fourth-order valence-electron chi connectivity index (χ4n) is 3.34. The van der Waals surface area contributed by atoms with E-state index in [1.807, 2.05) is 23.1 Å². The zero-order chi connectivity index (χ0) is 18.1. The van der Waals surface area contributed by atoms with Crippen molar-refractivity contribution in [1.29, 1.82) is 0 Å². The number of piperazine rings is 1. The van der Waals surface area contributed by atoms with Crippen molar-refractivity contribution in [2.24, 2.45) is 0 Å². The number of methoxy groups -OCH3 is 1. The van der Waals surface area contributed by atoms with Crippen molar-refractivity contribution >= 4 is 33.0 Å². The van der Waals surface area contributed by atoms with Gasteiger partial charge in [-0.25, -0.2) is 4.39 Å². The number of hydrogen-bond donors (Lipinski definition) is 0. The second-order valence-electron chi connectivity index (χ2n) is 6.22. The van der Waals surface area contributed by atoms with Gasteiger partial charge in [-0.1, -0.05) is 18.2 Å². The Hall–Kier alpha value is -2.60. The lowest BCUT2D eigenvalue weighted by Gasteiger charge is -2.36. The Morgan fingerprint density at radius 1 is 1.08 bits per heavy atom. The third-order valence-electron chi connectivity index (χ3n) is 4.69. The van der Waals surface area contributed by atoms with Crippen molar-refractivity contribution in [3.8, 4) is 5.75 Å². The van der Waals surface area contributed by atoms with E-state index in [-0.39, 0.29) is 11.7 Å². The average molecular weight is 370 g/mol. The molecule has 0 saturated carbocycles. The molecule has 26 heavy (non-hydrogen) atoms. The first-order valence-corrected chi connectivity index (χ1v) is 9.34. The number of halogens is 1. The molecule has 1 fully saturated rings. The Morgan fingerprint density at radius 3 is 2.50 bits per heavy atom.